The van der Waals surface area contributed by atoms with Gasteiger partial charge < -0.3 is 5.32 Å². The predicted molar refractivity (Wildman–Crippen MR) is 101 cm³/mol. The Morgan fingerprint density at radius 1 is 1.23 bits per heavy atom. The first kappa shape index (κ1) is 16.4. The monoisotopic (exact) mass is 366 g/mol. The number of thiophene rings is 1. The van der Waals surface area contributed by atoms with Crippen molar-refractivity contribution in [1.82, 2.24) is 14.8 Å². The standard InChI is InChI=1S/C19H15FN4OS/c1-11-7-8-21-16(9-11)22-18(25)15-10-13-17(23-24(2)19(13)26-15)12-5-3-4-6-14(12)20/h3-10H,1-2H3,(H,21,22,25). The van der Waals surface area contributed by atoms with E-state index in [-0.39, 0.29) is 11.7 Å². The Hall–Kier alpha value is -3.06. The highest BCUT2D eigenvalue weighted by atomic mass is 32.1. The average Bonchev–Trinajstić information content (AvgIpc) is 3.17. The van der Waals surface area contributed by atoms with E-state index >= 15 is 0 Å². The van der Waals surface area contributed by atoms with Crippen LogP contribution in [0.4, 0.5) is 10.2 Å². The van der Waals surface area contributed by atoms with Gasteiger partial charge in [-0.1, -0.05) is 12.1 Å². The zero-order chi connectivity index (χ0) is 18.3. The molecule has 4 rings (SSSR count). The van der Waals surface area contributed by atoms with Crippen molar-refractivity contribution in [2.24, 2.45) is 7.05 Å². The van der Waals surface area contributed by atoms with E-state index in [0.29, 0.717) is 22.0 Å². The summed E-state index contributed by atoms with van der Waals surface area (Å²) in [6, 6.07) is 11.9. The largest absolute Gasteiger partial charge is 0.306 e. The molecule has 130 valence electrons. The molecule has 1 aromatic carbocycles. The molecule has 0 saturated carbocycles. The third-order valence-corrected chi connectivity index (χ3v) is 5.22. The molecule has 0 aliphatic rings. The molecular formula is C19H15FN4OS. The lowest BCUT2D eigenvalue weighted by atomic mass is 10.1. The van der Waals surface area contributed by atoms with E-state index in [1.165, 1.54) is 17.4 Å². The summed E-state index contributed by atoms with van der Waals surface area (Å²) in [6.07, 6.45) is 1.65. The topological polar surface area (TPSA) is 59.8 Å². The fourth-order valence-corrected chi connectivity index (χ4v) is 3.75. The Kier molecular flexibility index (Phi) is 4.00. The normalized spacial score (nSPS) is 11.0. The summed E-state index contributed by atoms with van der Waals surface area (Å²) in [7, 11) is 1.78. The van der Waals surface area contributed by atoms with Crippen molar-refractivity contribution >= 4 is 33.3 Å². The zero-order valence-electron chi connectivity index (χ0n) is 14.2. The number of fused-ring (bicyclic) bond motifs is 1. The number of carbonyl (C=O) groups excluding carboxylic acids is 1. The molecule has 0 unspecified atom stereocenters. The maximum Gasteiger partial charge on any atom is 0.266 e. The summed E-state index contributed by atoms with van der Waals surface area (Å²) in [4.78, 5) is 18.1. The van der Waals surface area contributed by atoms with Gasteiger partial charge in [0.05, 0.1) is 4.88 Å². The van der Waals surface area contributed by atoms with Gasteiger partial charge in [0.15, 0.2) is 0 Å². The smallest absolute Gasteiger partial charge is 0.266 e. The maximum absolute atomic E-state index is 14.2. The van der Waals surface area contributed by atoms with Gasteiger partial charge in [0.2, 0.25) is 0 Å². The number of aromatic nitrogens is 3. The van der Waals surface area contributed by atoms with Gasteiger partial charge in [0.25, 0.3) is 5.91 Å². The molecule has 1 amide bonds. The molecule has 1 N–H and O–H groups in total. The van der Waals surface area contributed by atoms with Crippen molar-refractivity contribution < 1.29 is 9.18 Å². The summed E-state index contributed by atoms with van der Waals surface area (Å²) in [5.74, 6) is -0.0858. The van der Waals surface area contributed by atoms with E-state index in [2.05, 4.69) is 15.4 Å². The van der Waals surface area contributed by atoms with Crippen molar-refractivity contribution in [1.29, 1.82) is 0 Å². The van der Waals surface area contributed by atoms with Crippen molar-refractivity contribution in [2.75, 3.05) is 5.32 Å². The molecule has 0 atom stereocenters. The molecule has 0 bridgehead atoms. The summed E-state index contributed by atoms with van der Waals surface area (Å²) >= 11 is 1.31. The van der Waals surface area contributed by atoms with Crippen molar-refractivity contribution in [2.45, 2.75) is 6.92 Å². The molecule has 0 saturated heterocycles. The third-order valence-electron chi connectivity index (χ3n) is 4.02. The number of nitrogens with zero attached hydrogens (tertiary/aromatic N) is 3. The highest BCUT2D eigenvalue weighted by Crippen LogP contribution is 2.34. The molecular weight excluding hydrogens is 351 g/mol. The first-order valence-electron chi connectivity index (χ1n) is 7.98. The Labute approximate surface area is 153 Å². The lowest BCUT2D eigenvalue weighted by molar-refractivity contribution is 0.103. The number of hydrogen-bond donors (Lipinski definition) is 1. The Balaban J connectivity index is 1.73. The minimum Gasteiger partial charge on any atom is -0.306 e. The van der Waals surface area contributed by atoms with Gasteiger partial charge >= 0.3 is 0 Å². The van der Waals surface area contributed by atoms with Crippen LogP contribution in [0.3, 0.4) is 0 Å². The van der Waals surface area contributed by atoms with Crippen LogP contribution in [0.25, 0.3) is 21.5 Å². The zero-order valence-corrected chi connectivity index (χ0v) is 15.0. The van der Waals surface area contributed by atoms with Crippen LogP contribution in [0.15, 0.2) is 48.7 Å². The molecule has 3 aromatic heterocycles. The third kappa shape index (κ3) is 2.86. The highest BCUT2D eigenvalue weighted by molar-refractivity contribution is 7.20. The van der Waals surface area contributed by atoms with Gasteiger partial charge in [-0.05, 0) is 42.8 Å². The SMILES string of the molecule is Cc1ccnc(NC(=O)c2cc3c(-c4ccccc4F)nn(C)c3s2)c1. The van der Waals surface area contributed by atoms with E-state index in [4.69, 9.17) is 0 Å². The first-order valence-corrected chi connectivity index (χ1v) is 8.80. The van der Waals surface area contributed by atoms with E-state index in [1.807, 2.05) is 13.0 Å². The van der Waals surface area contributed by atoms with Crippen LogP contribution in [0.5, 0.6) is 0 Å². The van der Waals surface area contributed by atoms with Gasteiger partial charge in [-0.3, -0.25) is 9.48 Å². The van der Waals surface area contributed by atoms with Crippen molar-refractivity contribution in [3.05, 3.63) is 64.9 Å². The number of rotatable bonds is 3. The predicted octanol–water partition coefficient (Wildman–Crippen LogP) is 4.40. The van der Waals surface area contributed by atoms with Crippen LogP contribution < -0.4 is 5.32 Å². The number of amides is 1. The number of benzene rings is 1. The van der Waals surface area contributed by atoms with E-state index in [1.54, 1.807) is 48.3 Å². The second-order valence-electron chi connectivity index (χ2n) is 5.95. The molecule has 0 spiro atoms. The number of carbonyl (C=O) groups is 1. The first-order chi connectivity index (χ1) is 12.5. The number of nitrogens with one attached hydrogen (secondary N) is 1. The van der Waals surface area contributed by atoms with Gasteiger partial charge in [0, 0.05) is 24.2 Å². The second kappa shape index (κ2) is 6.34. The molecule has 7 heteroatoms. The van der Waals surface area contributed by atoms with Crippen LogP contribution in [-0.2, 0) is 7.05 Å². The molecule has 0 radical (unpaired) electrons. The number of hydrogen-bond acceptors (Lipinski definition) is 4. The van der Waals surface area contributed by atoms with Crippen molar-refractivity contribution in [3.63, 3.8) is 0 Å². The number of pyridine rings is 1. The molecule has 26 heavy (non-hydrogen) atoms. The van der Waals surface area contributed by atoms with Crippen LogP contribution in [-0.4, -0.2) is 20.7 Å². The highest BCUT2D eigenvalue weighted by Gasteiger charge is 2.19. The quantitative estimate of drug-likeness (QED) is 0.585. The molecule has 0 fully saturated rings. The van der Waals surface area contributed by atoms with E-state index < -0.39 is 0 Å². The van der Waals surface area contributed by atoms with Crippen LogP contribution in [0.2, 0.25) is 0 Å². The Bertz CT molecular complexity index is 1130. The fraction of sp³-hybridized carbons (Fsp3) is 0.105. The summed E-state index contributed by atoms with van der Waals surface area (Å²) in [5, 5.41) is 7.97. The van der Waals surface area contributed by atoms with Gasteiger partial charge in [-0.2, -0.15) is 5.10 Å². The van der Waals surface area contributed by atoms with Crippen molar-refractivity contribution in [3.8, 4) is 11.3 Å². The minimum absolute atomic E-state index is 0.246. The second-order valence-corrected chi connectivity index (χ2v) is 6.98. The number of halogens is 1. The van der Waals surface area contributed by atoms with Gasteiger partial charge in [-0.25, -0.2) is 9.37 Å². The molecule has 3 heterocycles. The van der Waals surface area contributed by atoms with E-state index in [0.717, 1.165) is 15.8 Å². The van der Waals surface area contributed by atoms with Crippen LogP contribution in [0.1, 0.15) is 15.2 Å². The Morgan fingerprint density at radius 2 is 2.04 bits per heavy atom. The maximum atomic E-state index is 14.2. The molecule has 0 aliphatic carbocycles. The van der Waals surface area contributed by atoms with Gasteiger partial charge in [0.1, 0.15) is 22.2 Å². The van der Waals surface area contributed by atoms with Crippen LogP contribution >= 0.6 is 11.3 Å². The van der Waals surface area contributed by atoms with Gasteiger partial charge in [-0.15, -0.1) is 11.3 Å². The summed E-state index contributed by atoms with van der Waals surface area (Å²) < 4.78 is 15.8. The lowest BCUT2D eigenvalue weighted by Gasteiger charge is -2.03. The minimum atomic E-state index is -0.339. The fourth-order valence-electron chi connectivity index (χ4n) is 2.79. The number of aryl methyl sites for hydroxylation is 2. The summed E-state index contributed by atoms with van der Waals surface area (Å²) in [6.45, 7) is 1.93. The Morgan fingerprint density at radius 3 is 2.81 bits per heavy atom. The molecule has 0 aliphatic heterocycles. The molecule has 5 nitrogen and oxygen atoms in total. The number of anilines is 1. The van der Waals surface area contributed by atoms with E-state index in [9.17, 15) is 9.18 Å². The molecule has 4 aromatic rings. The van der Waals surface area contributed by atoms with Crippen LogP contribution in [0, 0.1) is 12.7 Å². The summed E-state index contributed by atoms with van der Waals surface area (Å²) in [5.41, 5.74) is 1.96. The average molecular weight is 366 g/mol. The lowest BCUT2D eigenvalue weighted by Crippen LogP contribution is -2.11.